The zero-order chi connectivity index (χ0) is 25.0. The normalized spacial score (nSPS) is 11.3. The molecule has 1 heterocycles. The fraction of sp³-hybridized carbons (Fsp3) is 0.120. The van der Waals surface area contributed by atoms with E-state index in [1.165, 1.54) is 42.5 Å². The summed E-state index contributed by atoms with van der Waals surface area (Å²) in [5.74, 6) is 0.455. The molecule has 35 heavy (non-hydrogen) atoms. The molecule has 0 aliphatic carbocycles. The topological polar surface area (TPSA) is 119 Å². The van der Waals surface area contributed by atoms with E-state index in [2.05, 4.69) is 9.71 Å². The summed E-state index contributed by atoms with van der Waals surface area (Å²) in [6.45, 7) is 2.16. The van der Waals surface area contributed by atoms with Crippen LogP contribution in [0.5, 0.6) is 5.75 Å². The minimum absolute atomic E-state index is 0.0546. The Bertz CT molecular complexity index is 1450. The lowest BCUT2D eigenvalue weighted by Crippen LogP contribution is -2.15. The number of halogens is 1. The summed E-state index contributed by atoms with van der Waals surface area (Å²) in [4.78, 5) is 15.9. The highest BCUT2D eigenvalue weighted by molar-refractivity contribution is 7.92. The maximum Gasteiger partial charge on any atom is 0.337 e. The number of anilines is 1. The Kier molecular flexibility index (Phi) is 7.09. The van der Waals surface area contributed by atoms with Gasteiger partial charge in [0.05, 0.1) is 28.4 Å². The first-order chi connectivity index (χ1) is 16.7. The Morgan fingerprint density at radius 2 is 1.80 bits per heavy atom. The second kappa shape index (κ2) is 10.2. The number of carboxylic acid groups (broad SMARTS) is 1. The second-order valence-corrected chi connectivity index (χ2v) is 9.68. The number of rotatable bonds is 9. The molecule has 0 saturated heterocycles. The number of hydrogen-bond donors (Lipinski definition) is 2. The van der Waals surface area contributed by atoms with Gasteiger partial charge in [-0.05, 0) is 61.5 Å². The van der Waals surface area contributed by atoms with Crippen molar-refractivity contribution in [2.75, 3.05) is 11.3 Å². The van der Waals surface area contributed by atoms with Gasteiger partial charge in [0.2, 0.25) is 5.89 Å². The minimum Gasteiger partial charge on any atom is -0.493 e. The zero-order valence-corrected chi connectivity index (χ0v) is 20.1. The highest BCUT2D eigenvalue weighted by atomic mass is 35.5. The number of carbonyl (C=O) groups is 1. The van der Waals surface area contributed by atoms with Crippen LogP contribution < -0.4 is 9.46 Å². The van der Waals surface area contributed by atoms with E-state index in [-0.39, 0.29) is 21.2 Å². The SMILES string of the molecule is Cc1oc(-c2ccccc2)nc1CCOc1ccc(S(=O)(=O)Nc2cc(Cl)ccc2C(=O)O)cc1. The first-order valence-electron chi connectivity index (χ1n) is 10.5. The fourth-order valence-corrected chi connectivity index (χ4v) is 4.58. The van der Waals surface area contributed by atoms with Crippen LogP contribution in [0.25, 0.3) is 11.5 Å². The molecule has 8 nitrogen and oxygen atoms in total. The average molecular weight is 513 g/mol. The molecule has 0 aliphatic rings. The molecule has 0 fully saturated rings. The summed E-state index contributed by atoms with van der Waals surface area (Å²) in [6.07, 6.45) is 0.510. The van der Waals surface area contributed by atoms with Gasteiger partial charge in [0, 0.05) is 17.0 Å². The highest BCUT2D eigenvalue weighted by Crippen LogP contribution is 2.26. The lowest BCUT2D eigenvalue weighted by atomic mass is 10.2. The van der Waals surface area contributed by atoms with E-state index in [1.54, 1.807) is 0 Å². The van der Waals surface area contributed by atoms with Gasteiger partial charge in [-0.3, -0.25) is 4.72 Å². The standard InChI is InChI=1S/C25H21ClN2O6S/c1-16-22(27-24(34-16)17-5-3-2-4-6-17)13-14-33-19-8-10-20(11-9-19)35(31,32)28-23-15-18(26)7-12-21(23)25(29)30/h2-12,15,28H,13-14H2,1H3,(H,29,30). The van der Waals surface area contributed by atoms with Crippen molar-refractivity contribution in [2.24, 2.45) is 0 Å². The number of oxazole rings is 1. The Hall–Kier alpha value is -3.82. The van der Waals surface area contributed by atoms with Gasteiger partial charge in [-0.25, -0.2) is 18.2 Å². The number of aryl methyl sites for hydroxylation is 1. The molecule has 10 heteroatoms. The molecule has 0 aliphatic heterocycles. The van der Waals surface area contributed by atoms with Crippen LogP contribution in [0.15, 0.2) is 82.1 Å². The maximum atomic E-state index is 12.7. The number of sulfonamides is 1. The molecule has 3 aromatic carbocycles. The highest BCUT2D eigenvalue weighted by Gasteiger charge is 2.19. The summed E-state index contributed by atoms with van der Waals surface area (Å²) in [5, 5.41) is 9.50. The Morgan fingerprint density at radius 1 is 1.09 bits per heavy atom. The summed E-state index contributed by atoms with van der Waals surface area (Å²) in [5.41, 5.74) is 1.34. The summed E-state index contributed by atoms with van der Waals surface area (Å²) in [6, 6.07) is 19.2. The summed E-state index contributed by atoms with van der Waals surface area (Å²) < 4.78 is 39.3. The smallest absolute Gasteiger partial charge is 0.337 e. The lowest BCUT2D eigenvalue weighted by molar-refractivity contribution is 0.0698. The molecular weight excluding hydrogens is 492 g/mol. The van der Waals surface area contributed by atoms with Crippen molar-refractivity contribution >= 4 is 33.3 Å². The number of ether oxygens (including phenoxy) is 1. The molecule has 2 N–H and O–H groups in total. The molecule has 0 amide bonds. The molecule has 180 valence electrons. The number of aromatic nitrogens is 1. The van der Waals surface area contributed by atoms with Crippen molar-refractivity contribution in [3.05, 3.63) is 94.8 Å². The Labute approximate surface area is 207 Å². The van der Waals surface area contributed by atoms with E-state index in [0.29, 0.717) is 30.4 Å². The molecule has 4 rings (SSSR count). The number of aromatic carboxylic acids is 1. The quantitative estimate of drug-likeness (QED) is 0.307. The van der Waals surface area contributed by atoms with Crippen LogP contribution in [0.3, 0.4) is 0 Å². The Morgan fingerprint density at radius 3 is 2.49 bits per heavy atom. The van der Waals surface area contributed by atoms with Crippen molar-refractivity contribution in [3.63, 3.8) is 0 Å². The predicted molar refractivity (Wildman–Crippen MR) is 132 cm³/mol. The van der Waals surface area contributed by atoms with Gasteiger partial charge in [-0.15, -0.1) is 0 Å². The zero-order valence-electron chi connectivity index (χ0n) is 18.6. The fourth-order valence-electron chi connectivity index (χ4n) is 3.34. The monoisotopic (exact) mass is 512 g/mol. The van der Waals surface area contributed by atoms with Crippen molar-refractivity contribution in [1.29, 1.82) is 0 Å². The maximum absolute atomic E-state index is 12.7. The van der Waals surface area contributed by atoms with E-state index in [0.717, 1.165) is 11.3 Å². The number of benzene rings is 3. The summed E-state index contributed by atoms with van der Waals surface area (Å²) >= 11 is 5.90. The number of hydrogen-bond acceptors (Lipinski definition) is 6. The predicted octanol–water partition coefficient (Wildman–Crippen LogP) is 5.42. The van der Waals surface area contributed by atoms with Gasteiger partial charge >= 0.3 is 5.97 Å². The molecule has 0 atom stereocenters. The van der Waals surface area contributed by atoms with Crippen LogP contribution in [-0.4, -0.2) is 31.1 Å². The van der Waals surface area contributed by atoms with Crippen LogP contribution in [0.2, 0.25) is 5.02 Å². The van der Waals surface area contributed by atoms with E-state index < -0.39 is 16.0 Å². The number of carboxylic acids is 1. The van der Waals surface area contributed by atoms with Crippen LogP contribution in [0.4, 0.5) is 5.69 Å². The second-order valence-electron chi connectivity index (χ2n) is 7.56. The first-order valence-corrected chi connectivity index (χ1v) is 12.4. The van der Waals surface area contributed by atoms with Gasteiger partial charge in [0.1, 0.15) is 11.5 Å². The number of nitrogens with zero attached hydrogens (tertiary/aromatic N) is 1. The van der Waals surface area contributed by atoms with E-state index in [4.69, 9.17) is 20.8 Å². The molecule has 0 spiro atoms. The van der Waals surface area contributed by atoms with Gasteiger partial charge in [-0.1, -0.05) is 29.8 Å². The minimum atomic E-state index is -4.05. The van der Waals surface area contributed by atoms with Crippen molar-refractivity contribution in [2.45, 2.75) is 18.2 Å². The van der Waals surface area contributed by atoms with E-state index in [9.17, 15) is 18.3 Å². The van der Waals surface area contributed by atoms with Crippen molar-refractivity contribution in [3.8, 4) is 17.2 Å². The van der Waals surface area contributed by atoms with E-state index in [1.807, 2.05) is 37.3 Å². The third-order valence-electron chi connectivity index (χ3n) is 5.11. The van der Waals surface area contributed by atoms with Crippen LogP contribution in [-0.2, 0) is 16.4 Å². The summed E-state index contributed by atoms with van der Waals surface area (Å²) in [7, 11) is -4.05. The molecule has 0 saturated carbocycles. The van der Waals surface area contributed by atoms with Crippen LogP contribution >= 0.6 is 11.6 Å². The first kappa shape index (κ1) is 24.3. The van der Waals surface area contributed by atoms with Crippen molar-refractivity contribution < 1.29 is 27.5 Å². The Balaban J connectivity index is 1.39. The molecule has 4 aromatic rings. The molecule has 0 unspecified atom stereocenters. The molecule has 0 radical (unpaired) electrons. The largest absolute Gasteiger partial charge is 0.493 e. The van der Waals surface area contributed by atoms with Gasteiger partial charge < -0.3 is 14.3 Å². The molecule has 1 aromatic heterocycles. The molecular formula is C25H21ClN2O6S. The van der Waals surface area contributed by atoms with Crippen molar-refractivity contribution in [1.82, 2.24) is 4.98 Å². The van der Waals surface area contributed by atoms with Gasteiger partial charge in [0.25, 0.3) is 10.0 Å². The lowest BCUT2D eigenvalue weighted by Gasteiger charge is -2.12. The molecule has 0 bridgehead atoms. The van der Waals surface area contributed by atoms with Crippen LogP contribution in [0, 0.1) is 6.92 Å². The third-order valence-corrected chi connectivity index (χ3v) is 6.73. The van der Waals surface area contributed by atoms with Gasteiger partial charge in [0.15, 0.2) is 0 Å². The average Bonchev–Trinajstić information content (AvgIpc) is 3.20. The van der Waals surface area contributed by atoms with Gasteiger partial charge in [-0.2, -0.15) is 0 Å². The van der Waals surface area contributed by atoms with E-state index >= 15 is 0 Å². The third kappa shape index (κ3) is 5.82. The number of nitrogens with one attached hydrogen (secondary N) is 1. The van der Waals surface area contributed by atoms with Crippen LogP contribution in [0.1, 0.15) is 21.8 Å².